The molecule has 0 bridgehead atoms. The first-order valence-electron chi connectivity index (χ1n) is 8.18. The highest BCUT2D eigenvalue weighted by atomic mass is 32.2. The number of nitrogens with one attached hydrogen (secondary N) is 1. The van der Waals surface area contributed by atoms with E-state index in [1.807, 2.05) is 24.3 Å². The summed E-state index contributed by atoms with van der Waals surface area (Å²) in [6.07, 6.45) is 1.64. The van der Waals surface area contributed by atoms with Gasteiger partial charge < -0.3 is 10.2 Å². The van der Waals surface area contributed by atoms with Crippen molar-refractivity contribution in [2.75, 3.05) is 11.4 Å². The van der Waals surface area contributed by atoms with E-state index in [-0.39, 0.29) is 17.6 Å². The number of thioether (sulfide) groups is 1. The third-order valence-electron chi connectivity index (χ3n) is 4.14. The molecule has 1 fully saturated rings. The number of nitrogens with zero attached hydrogens (tertiary/aromatic N) is 2. The van der Waals surface area contributed by atoms with Crippen LogP contribution in [-0.4, -0.2) is 23.5 Å². The number of carbonyl (C=O) groups excluding carboxylic acids is 2. The molecule has 0 spiro atoms. The second-order valence-electron chi connectivity index (χ2n) is 5.88. The van der Waals surface area contributed by atoms with Crippen molar-refractivity contribution in [1.29, 1.82) is 0 Å². The predicted octanol–water partition coefficient (Wildman–Crippen LogP) is 3.62. The number of halogens is 1. The molecule has 1 saturated heterocycles. The van der Waals surface area contributed by atoms with Gasteiger partial charge in [-0.2, -0.15) is 0 Å². The lowest BCUT2D eigenvalue weighted by atomic mass is 10.1. The van der Waals surface area contributed by atoms with Crippen molar-refractivity contribution in [2.24, 2.45) is 4.99 Å². The summed E-state index contributed by atoms with van der Waals surface area (Å²) in [6.45, 7) is 4.05. The molecule has 2 aliphatic rings. The average molecular weight is 379 g/mol. The third kappa shape index (κ3) is 3.06. The van der Waals surface area contributed by atoms with E-state index in [9.17, 15) is 14.0 Å². The van der Waals surface area contributed by atoms with Crippen molar-refractivity contribution in [1.82, 2.24) is 5.32 Å². The number of rotatable bonds is 3. The maximum Gasteiger partial charge on any atom is 0.264 e. The number of aliphatic imine (C=N–C) groups is 1. The molecule has 2 aliphatic heterocycles. The maximum atomic E-state index is 13.0. The van der Waals surface area contributed by atoms with Crippen LogP contribution < -0.4 is 10.2 Å². The van der Waals surface area contributed by atoms with Gasteiger partial charge in [0.2, 0.25) is 0 Å². The zero-order chi connectivity index (χ0) is 19.0. The van der Waals surface area contributed by atoms with Gasteiger partial charge in [-0.1, -0.05) is 24.3 Å². The van der Waals surface area contributed by atoms with Crippen molar-refractivity contribution in [2.45, 2.75) is 0 Å². The van der Waals surface area contributed by atoms with E-state index in [2.05, 4.69) is 16.9 Å². The van der Waals surface area contributed by atoms with Crippen LogP contribution in [-0.2, 0) is 9.59 Å². The SMILES string of the molecule is C=CCN1C(=O)/C(=C2/SC(=Nc3ccc(F)cc3)NC2=O)c2ccccc21. The molecular weight excluding hydrogens is 365 g/mol. The van der Waals surface area contributed by atoms with Gasteiger partial charge in [0.1, 0.15) is 5.82 Å². The predicted molar refractivity (Wildman–Crippen MR) is 105 cm³/mol. The van der Waals surface area contributed by atoms with E-state index in [4.69, 9.17) is 0 Å². The molecule has 2 amide bonds. The Labute approximate surface area is 159 Å². The Morgan fingerprint density at radius 3 is 2.63 bits per heavy atom. The number of amidine groups is 1. The Kier molecular flexibility index (Phi) is 4.37. The molecule has 134 valence electrons. The molecule has 4 rings (SSSR count). The van der Waals surface area contributed by atoms with Gasteiger partial charge in [0, 0.05) is 12.1 Å². The fraction of sp³-hybridized carbons (Fsp3) is 0.0500. The summed E-state index contributed by atoms with van der Waals surface area (Å²) in [7, 11) is 0. The minimum Gasteiger partial charge on any atom is -0.304 e. The van der Waals surface area contributed by atoms with E-state index in [1.165, 1.54) is 24.3 Å². The fourth-order valence-electron chi connectivity index (χ4n) is 2.98. The number of hydrogen-bond acceptors (Lipinski definition) is 4. The summed E-state index contributed by atoms with van der Waals surface area (Å²) in [5, 5.41) is 3.02. The van der Waals surface area contributed by atoms with Crippen molar-refractivity contribution < 1.29 is 14.0 Å². The molecule has 27 heavy (non-hydrogen) atoms. The number of para-hydroxylation sites is 1. The maximum absolute atomic E-state index is 13.0. The molecule has 7 heteroatoms. The lowest BCUT2D eigenvalue weighted by Crippen LogP contribution is -2.27. The van der Waals surface area contributed by atoms with Crippen LogP contribution in [0.25, 0.3) is 5.57 Å². The van der Waals surface area contributed by atoms with Gasteiger partial charge in [-0.15, -0.1) is 6.58 Å². The van der Waals surface area contributed by atoms with Gasteiger partial charge >= 0.3 is 0 Å². The highest BCUT2D eigenvalue weighted by Gasteiger charge is 2.38. The molecule has 1 N–H and O–H groups in total. The Morgan fingerprint density at radius 1 is 1.15 bits per heavy atom. The topological polar surface area (TPSA) is 61.8 Å². The zero-order valence-electron chi connectivity index (χ0n) is 14.1. The number of benzene rings is 2. The second-order valence-corrected chi connectivity index (χ2v) is 6.87. The van der Waals surface area contributed by atoms with E-state index in [1.54, 1.807) is 11.0 Å². The van der Waals surface area contributed by atoms with Crippen LogP contribution in [0.2, 0.25) is 0 Å². The third-order valence-corrected chi connectivity index (χ3v) is 5.12. The largest absolute Gasteiger partial charge is 0.304 e. The summed E-state index contributed by atoms with van der Waals surface area (Å²) in [5.74, 6) is -0.975. The first kappa shape index (κ1) is 17.2. The van der Waals surface area contributed by atoms with Crippen LogP contribution in [0.5, 0.6) is 0 Å². The lowest BCUT2D eigenvalue weighted by Gasteiger charge is -2.13. The van der Waals surface area contributed by atoms with Crippen LogP contribution in [0, 0.1) is 5.82 Å². The van der Waals surface area contributed by atoms with Crippen LogP contribution in [0.1, 0.15) is 5.56 Å². The normalized spacial score (nSPS) is 20.2. The van der Waals surface area contributed by atoms with Gasteiger partial charge in [-0.3, -0.25) is 9.59 Å². The Bertz CT molecular complexity index is 1030. The van der Waals surface area contributed by atoms with Gasteiger partial charge in [0.25, 0.3) is 11.8 Å². The van der Waals surface area contributed by atoms with Crippen molar-refractivity contribution in [3.8, 4) is 0 Å². The molecule has 2 heterocycles. The molecule has 0 atom stereocenters. The van der Waals surface area contributed by atoms with Crippen molar-refractivity contribution in [3.05, 3.63) is 77.5 Å². The van der Waals surface area contributed by atoms with Crippen molar-refractivity contribution >= 4 is 45.7 Å². The van der Waals surface area contributed by atoms with Gasteiger partial charge in [0.15, 0.2) is 5.17 Å². The molecule has 0 radical (unpaired) electrons. The molecule has 2 aromatic carbocycles. The Hall–Kier alpha value is -3.19. The summed E-state index contributed by atoms with van der Waals surface area (Å²) in [5.41, 5.74) is 2.34. The van der Waals surface area contributed by atoms with Crippen LogP contribution in [0.15, 0.2) is 71.1 Å². The zero-order valence-corrected chi connectivity index (χ0v) is 14.9. The first-order valence-corrected chi connectivity index (χ1v) is 9.00. The summed E-state index contributed by atoms with van der Waals surface area (Å²) < 4.78 is 13.0. The van der Waals surface area contributed by atoms with E-state index in [0.29, 0.717) is 33.4 Å². The first-order chi connectivity index (χ1) is 13.1. The van der Waals surface area contributed by atoms with Crippen LogP contribution in [0.3, 0.4) is 0 Å². The number of anilines is 1. The molecule has 0 saturated carbocycles. The molecule has 0 aliphatic carbocycles. The standard InChI is InChI=1S/C20H14FN3O2S/c1-2-11-24-15-6-4-3-5-14(15)16(19(24)26)17-18(25)23-20(27-17)22-13-9-7-12(21)8-10-13/h2-10H,1,11H2,(H,22,23,25)/b17-16+. The van der Waals surface area contributed by atoms with E-state index >= 15 is 0 Å². The monoisotopic (exact) mass is 379 g/mol. The van der Waals surface area contributed by atoms with Gasteiger partial charge in [0.05, 0.1) is 21.9 Å². The smallest absolute Gasteiger partial charge is 0.264 e. The van der Waals surface area contributed by atoms with Crippen LogP contribution in [0.4, 0.5) is 15.8 Å². The number of amides is 2. The Balaban J connectivity index is 1.75. The highest BCUT2D eigenvalue weighted by molar-refractivity contribution is 8.18. The van der Waals surface area contributed by atoms with E-state index < -0.39 is 0 Å². The fourth-order valence-corrected chi connectivity index (χ4v) is 3.91. The van der Waals surface area contributed by atoms with Crippen LogP contribution >= 0.6 is 11.8 Å². The second kappa shape index (κ2) is 6.85. The highest BCUT2D eigenvalue weighted by Crippen LogP contribution is 2.42. The lowest BCUT2D eigenvalue weighted by molar-refractivity contribution is -0.116. The van der Waals surface area contributed by atoms with E-state index in [0.717, 1.165) is 17.4 Å². The minimum absolute atomic E-state index is 0.239. The summed E-state index contributed by atoms with van der Waals surface area (Å²) in [4.78, 5) is 31.7. The quantitative estimate of drug-likeness (QED) is 0.655. The van der Waals surface area contributed by atoms with Crippen molar-refractivity contribution in [3.63, 3.8) is 0 Å². The van der Waals surface area contributed by atoms with Gasteiger partial charge in [-0.05, 0) is 42.1 Å². The summed E-state index contributed by atoms with van der Waals surface area (Å²) in [6, 6.07) is 13.0. The molecule has 5 nitrogen and oxygen atoms in total. The average Bonchev–Trinajstić information content (AvgIpc) is 3.15. The number of hydrogen-bond donors (Lipinski definition) is 1. The molecule has 0 aromatic heterocycles. The molecule has 0 unspecified atom stereocenters. The number of fused-ring (bicyclic) bond motifs is 1. The minimum atomic E-state index is -0.375. The summed E-state index contributed by atoms with van der Waals surface area (Å²) >= 11 is 1.10. The Morgan fingerprint density at radius 2 is 1.89 bits per heavy atom. The molecular formula is C20H14FN3O2S. The van der Waals surface area contributed by atoms with Gasteiger partial charge in [-0.25, -0.2) is 9.38 Å². The molecule has 2 aromatic rings. The number of carbonyl (C=O) groups is 2.